The van der Waals surface area contributed by atoms with Crippen LogP contribution in [0.1, 0.15) is 25.0 Å². The van der Waals surface area contributed by atoms with Crippen molar-refractivity contribution < 1.29 is 4.42 Å². The fraction of sp³-hybridized carbons (Fsp3) is 0.0588. The molecule has 1 aliphatic carbocycles. The van der Waals surface area contributed by atoms with Gasteiger partial charge in [-0.1, -0.05) is 166 Å². The van der Waals surface area contributed by atoms with E-state index in [-0.39, 0.29) is 5.41 Å². The molecule has 56 heavy (non-hydrogen) atoms. The number of fused-ring (bicyclic) bond motifs is 7. The number of hydrogen-bond acceptors (Lipinski definition) is 5. The van der Waals surface area contributed by atoms with E-state index in [0.717, 1.165) is 66.0 Å². The Morgan fingerprint density at radius 2 is 0.982 bits per heavy atom. The predicted octanol–water partition coefficient (Wildman–Crippen LogP) is 13.0. The molecule has 0 N–H and O–H groups in total. The summed E-state index contributed by atoms with van der Waals surface area (Å²) >= 11 is 0. The highest BCUT2D eigenvalue weighted by Gasteiger charge is 2.38. The highest BCUT2D eigenvalue weighted by atomic mass is 16.3. The lowest BCUT2D eigenvalue weighted by atomic mass is 9.80. The van der Waals surface area contributed by atoms with Gasteiger partial charge in [-0.05, 0) is 67.7 Å². The molecule has 0 radical (unpaired) electrons. The largest absolute Gasteiger partial charge is 0.435 e. The van der Waals surface area contributed by atoms with Crippen LogP contribution in [0.25, 0.3) is 101 Å². The first-order valence-corrected chi connectivity index (χ1v) is 19.0. The van der Waals surface area contributed by atoms with Crippen LogP contribution in [0.2, 0.25) is 0 Å². The van der Waals surface area contributed by atoms with E-state index in [0.29, 0.717) is 23.4 Å². The van der Waals surface area contributed by atoms with Crippen LogP contribution in [-0.2, 0) is 5.41 Å². The summed E-state index contributed by atoms with van der Waals surface area (Å²) in [5.74, 6) is 2.54. The Balaban J connectivity index is 1.12. The maximum absolute atomic E-state index is 6.57. The molecule has 0 unspecified atom stereocenters. The molecule has 2 aromatic heterocycles. The molecule has 0 fully saturated rings. The first-order chi connectivity index (χ1) is 27.5. The van der Waals surface area contributed by atoms with Gasteiger partial charge in [0.05, 0.1) is 0 Å². The number of rotatable bonds is 5. The van der Waals surface area contributed by atoms with Crippen LogP contribution in [0.15, 0.2) is 174 Å². The quantitative estimate of drug-likeness (QED) is 0.177. The van der Waals surface area contributed by atoms with E-state index in [2.05, 4.69) is 129 Å². The molecule has 0 aliphatic heterocycles. The van der Waals surface area contributed by atoms with E-state index in [1.807, 2.05) is 54.6 Å². The van der Waals surface area contributed by atoms with Crippen molar-refractivity contribution >= 4 is 32.6 Å². The second kappa shape index (κ2) is 12.4. The Labute approximate surface area is 324 Å². The normalized spacial score (nSPS) is 13.0. The van der Waals surface area contributed by atoms with Crippen molar-refractivity contribution in [1.29, 1.82) is 0 Å². The Kier molecular flexibility index (Phi) is 7.13. The Hall–Kier alpha value is -7.24. The van der Waals surface area contributed by atoms with Gasteiger partial charge >= 0.3 is 0 Å². The standard InChI is InChI=1S/C51H34N4O/c1-51(2)42-28-10-9-20-37(42)39-25-14-27-41(45(39)51)49-54-47(32-15-5-3-6-16-32)53-48(55-49)40-26-13-21-34-35(22-12-23-36(34)40)38-24-11-19-31-29-30-43-46(44(31)38)56-50(52-43)33-17-7-4-8-18-33/h3-30H,1-2H3. The SMILES string of the molecule is CC1(C)c2ccccc2-c2cccc(-c3nc(-c4ccccc4)nc(-c4cccc5c(-c6cccc7ccc8nc(-c9ccccc9)oc8c67)cccc45)n3)c21. The molecule has 0 atom stereocenters. The lowest BCUT2D eigenvalue weighted by molar-refractivity contribution is 0.623. The average Bonchev–Trinajstić information content (AvgIpc) is 3.80. The third-order valence-corrected chi connectivity index (χ3v) is 11.4. The molecular weight excluding hydrogens is 685 g/mol. The van der Waals surface area contributed by atoms with Crippen LogP contribution in [0.4, 0.5) is 0 Å². The minimum absolute atomic E-state index is 0.230. The summed E-state index contributed by atoms with van der Waals surface area (Å²) in [4.78, 5) is 20.6. The van der Waals surface area contributed by atoms with Crippen molar-refractivity contribution in [3.63, 3.8) is 0 Å². The van der Waals surface area contributed by atoms with Crippen molar-refractivity contribution in [2.24, 2.45) is 0 Å². The van der Waals surface area contributed by atoms with Crippen LogP contribution in [-0.4, -0.2) is 19.9 Å². The molecule has 0 bridgehead atoms. The molecule has 0 saturated carbocycles. The van der Waals surface area contributed by atoms with Gasteiger partial charge in [-0.15, -0.1) is 0 Å². The second-order valence-corrected chi connectivity index (χ2v) is 15.0. The number of hydrogen-bond donors (Lipinski definition) is 0. The zero-order valence-electron chi connectivity index (χ0n) is 30.9. The van der Waals surface area contributed by atoms with Gasteiger partial charge in [0.1, 0.15) is 5.52 Å². The topological polar surface area (TPSA) is 64.7 Å². The number of aromatic nitrogens is 4. The van der Waals surface area contributed by atoms with E-state index < -0.39 is 0 Å². The fourth-order valence-electron chi connectivity index (χ4n) is 8.79. The molecule has 5 heteroatoms. The second-order valence-electron chi connectivity index (χ2n) is 15.0. The molecule has 8 aromatic carbocycles. The van der Waals surface area contributed by atoms with E-state index in [9.17, 15) is 0 Å². The number of oxazole rings is 1. The minimum Gasteiger partial charge on any atom is -0.435 e. The molecule has 0 amide bonds. The summed E-state index contributed by atoms with van der Waals surface area (Å²) in [5.41, 5.74) is 12.4. The summed E-state index contributed by atoms with van der Waals surface area (Å²) in [6.07, 6.45) is 0. The molecule has 1 aliphatic rings. The highest BCUT2D eigenvalue weighted by molar-refractivity contribution is 6.15. The molecule has 11 rings (SSSR count). The Morgan fingerprint density at radius 1 is 0.411 bits per heavy atom. The van der Waals surface area contributed by atoms with Crippen LogP contribution in [0.3, 0.4) is 0 Å². The van der Waals surface area contributed by atoms with Crippen LogP contribution < -0.4 is 0 Å². The molecule has 10 aromatic rings. The predicted molar refractivity (Wildman–Crippen MR) is 227 cm³/mol. The van der Waals surface area contributed by atoms with Crippen LogP contribution in [0, 0.1) is 0 Å². The summed E-state index contributed by atoms with van der Waals surface area (Å²) < 4.78 is 6.57. The van der Waals surface area contributed by atoms with Gasteiger partial charge in [0.25, 0.3) is 0 Å². The number of benzene rings is 8. The van der Waals surface area contributed by atoms with Crippen molar-refractivity contribution in [1.82, 2.24) is 19.9 Å². The van der Waals surface area contributed by atoms with E-state index in [4.69, 9.17) is 24.4 Å². The van der Waals surface area contributed by atoms with Gasteiger partial charge in [-0.25, -0.2) is 19.9 Å². The Morgan fingerprint density at radius 3 is 1.79 bits per heavy atom. The molecule has 5 nitrogen and oxygen atoms in total. The Bertz CT molecular complexity index is 3170. The van der Waals surface area contributed by atoms with Crippen LogP contribution >= 0.6 is 0 Å². The highest BCUT2D eigenvalue weighted by Crippen LogP contribution is 2.52. The maximum Gasteiger partial charge on any atom is 0.227 e. The zero-order valence-corrected chi connectivity index (χ0v) is 30.9. The van der Waals surface area contributed by atoms with Gasteiger partial charge in [-0.2, -0.15) is 0 Å². The van der Waals surface area contributed by atoms with E-state index >= 15 is 0 Å². The van der Waals surface area contributed by atoms with Crippen molar-refractivity contribution in [3.8, 4) is 67.9 Å². The van der Waals surface area contributed by atoms with Crippen molar-refractivity contribution in [2.75, 3.05) is 0 Å². The van der Waals surface area contributed by atoms with Gasteiger partial charge in [-0.3, -0.25) is 0 Å². The van der Waals surface area contributed by atoms with E-state index in [1.54, 1.807) is 0 Å². The average molecular weight is 719 g/mol. The maximum atomic E-state index is 6.57. The molecular formula is C51H34N4O. The third-order valence-electron chi connectivity index (χ3n) is 11.4. The fourth-order valence-corrected chi connectivity index (χ4v) is 8.79. The molecule has 0 saturated heterocycles. The number of nitrogens with zero attached hydrogens (tertiary/aromatic N) is 4. The van der Waals surface area contributed by atoms with Crippen LogP contribution in [0.5, 0.6) is 0 Å². The van der Waals surface area contributed by atoms with Gasteiger partial charge in [0, 0.05) is 33.1 Å². The smallest absolute Gasteiger partial charge is 0.227 e. The van der Waals surface area contributed by atoms with Gasteiger partial charge in [0.15, 0.2) is 23.1 Å². The van der Waals surface area contributed by atoms with Crippen molar-refractivity contribution in [3.05, 3.63) is 181 Å². The monoisotopic (exact) mass is 718 g/mol. The van der Waals surface area contributed by atoms with E-state index in [1.165, 1.54) is 22.3 Å². The lowest BCUT2D eigenvalue weighted by Crippen LogP contribution is -2.17. The minimum atomic E-state index is -0.230. The molecule has 0 spiro atoms. The molecule has 264 valence electrons. The molecule has 2 heterocycles. The summed E-state index contributed by atoms with van der Waals surface area (Å²) in [6.45, 7) is 4.60. The van der Waals surface area contributed by atoms with Gasteiger partial charge in [0.2, 0.25) is 5.89 Å². The summed E-state index contributed by atoms with van der Waals surface area (Å²) in [7, 11) is 0. The van der Waals surface area contributed by atoms with Crippen molar-refractivity contribution in [2.45, 2.75) is 19.3 Å². The third kappa shape index (κ3) is 4.94. The zero-order chi connectivity index (χ0) is 37.4. The van der Waals surface area contributed by atoms with Gasteiger partial charge < -0.3 is 4.42 Å². The lowest BCUT2D eigenvalue weighted by Gasteiger charge is -2.24. The first kappa shape index (κ1) is 32.2. The summed E-state index contributed by atoms with van der Waals surface area (Å²) in [5, 5.41) is 4.28. The first-order valence-electron chi connectivity index (χ1n) is 19.0. The summed E-state index contributed by atoms with van der Waals surface area (Å²) in [6, 6.07) is 59.0.